The van der Waals surface area contributed by atoms with Crippen molar-refractivity contribution in [1.29, 1.82) is 0 Å². The molecule has 0 fully saturated rings. The number of nitro benzene ring substituents is 1. The molecule has 2 aromatic carbocycles. The number of nitrogens with one attached hydrogen (secondary N) is 1. The summed E-state index contributed by atoms with van der Waals surface area (Å²) in [5, 5.41) is 23.0. The van der Waals surface area contributed by atoms with Crippen LogP contribution in [-0.2, 0) is 0 Å². The van der Waals surface area contributed by atoms with Crippen LogP contribution in [-0.4, -0.2) is 16.0 Å². The van der Waals surface area contributed by atoms with Crippen molar-refractivity contribution < 1.29 is 14.8 Å². The van der Waals surface area contributed by atoms with Crippen LogP contribution in [0.2, 0.25) is 0 Å². The highest BCUT2D eigenvalue weighted by molar-refractivity contribution is 5.96. The van der Waals surface area contributed by atoms with Crippen LogP contribution in [0.4, 0.5) is 17.1 Å². The highest BCUT2D eigenvalue weighted by atomic mass is 16.6. The van der Waals surface area contributed by atoms with Gasteiger partial charge < -0.3 is 10.4 Å². The molecule has 0 unspecified atom stereocenters. The summed E-state index contributed by atoms with van der Waals surface area (Å²) >= 11 is 0. The maximum Gasteiger partial charge on any atom is 0.337 e. The molecular formula is C14H12N2O4. The van der Waals surface area contributed by atoms with E-state index in [1.165, 1.54) is 18.2 Å². The number of nitrogens with zero attached hydrogens (tertiary/aromatic N) is 1. The third-order valence-electron chi connectivity index (χ3n) is 2.86. The number of carbonyl (C=O) groups is 1. The summed E-state index contributed by atoms with van der Waals surface area (Å²) in [6.45, 7) is 1.74. The lowest BCUT2D eigenvalue weighted by Crippen LogP contribution is -2.05. The van der Waals surface area contributed by atoms with E-state index in [2.05, 4.69) is 5.32 Å². The smallest absolute Gasteiger partial charge is 0.337 e. The summed E-state index contributed by atoms with van der Waals surface area (Å²) in [4.78, 5) is 21.7. The van der Waals surface area contributed by atoms with E-state index in [9.17, 15) is 20.0 Å². The van der Waals surface area contributed by atoms with Crippen molar-refractivity contribution in [2.45, 2.75) is 6.92 Å². The molecule has 20 heavy (non-hydrogen) atoms. The molecule has 0 aromatic heterocycles. The van der Waals surface area contributed by atoms with E-state index in [1.54, 1.807) is 31.2 Å². The lowest BCUT2D eigenvalue weighted by molar-refractivity contribution is -0.383. The highest BCUT2D eigenvalue weighted by Crippen LogP contribution is 2.30. The van der Waals surface area contributed by atoms with Crippen molar-refractivity contribution >= 4 is 23.0 Å². The van der Waals surface area contributed by atoms with E-state index in [1.807, 2.05) is 0 Å². The number of benzene rings is 2. The molecular weight excluding hydrogens is 260 g/mol. The van der Waals surface area contributed by atoms with Crippen LogP contribution >= 0.6 is 0 Å². The molecule has 0 heterocycles. The Morgan fingerprint density at radius 3 is 2.55 bits per heavy atom. The number of nitro groups is 1. The number of aryl methyl sites for hydroxylation is 1. The Kier molecular flexibility index (Phi) is 3.65. The van der Waals surface area contributed by atoms with E-state index in [4.69, 9.17) is 0 Å². The lowest BCUT2D eigenvalue weighted by Gasteiger charge is -2.12. The van der Waals surface area contributed by atoms with Gasteiger partial charge in [-0.2, -0.15) is 0 Å². The van der Waals surface area contributed by atoms with E-state index in [0.29, 0.717) is 11.3 Å². The van der Waals surface area contributed by atoms with Gasteiger partial charge in [0.15, 0.2) is 0 Å². The van der Waals surface area contributed by atoms with Gasteiger partial charge in [-0.15, -0.1) is 0 Å². The first-order chi connectivity index (χ1) is 9.50. The quantitative estimate of drug-likeness (QED) is 0.657. The fourth-order valence-corrected chi connectivity index (χ4v) is 1.89. The first-order valence-electron chi connectivity index (χ1n) is 5.84. The number of carboxylic acids is 1. The second-order valence-electron chi connectivity index (χ2n) is 4.20. The molecule has 2 N–H and O–H groups in total. The van der Waals surface area contributed by atoms with Gasteiger partial charge in [0.05, 0.1) is 16.2 Å². The Hall–Kier alpha value is -2.89. The van der Waals surface area contributed by atoms with Crippen LogP contribution < -0.4 is 5.32 Å². The van der Waals surface area contributed by atoms with Crippen LogP contribution in [0, 0.1) is 17.0 Å². The average molecular weight is 272 g/mol. The van der Waals surface area contributed by atoms with Crippen LogP contribution in [0.25, 0.3) is 0 Å². The second-order valence-corrected chi connectivity index (χ2v) is 4.20. The maximum absolute atomic E-state index is 11.2. The van der Waals surface area contributed by atoms with E-state index >= 15 is 0 Å². The predicted molar refractivity (Wildman–Crippen MR) is 74.5 cm³/mol. The molecule has 0 amide bonds. The summed E-state index contributed by atoms with van der Waals surface area (Å²) in [6.07, 6.45) is 0. The van der Waals surface area contributed by atoms with Gasteiger partial charge in [-0.25, -0.2) is 4.79 Å². The van der Waals surface area contributed by atoms with Crippen molar-refractivity contribution in [2.24, 2.45) is 0 Å². The minimum atomic E-state index is -1.09. The van der Waals surface area contributed by atoms with Crippen molar-refractivity contribution in [3.05, 3.63) is 63.7 Å². The van der Waals surface area contributed by atoms with Crippen molar-refractivity contribution in [2.75, 3.05) is 5.32 Å². The molecule has 0 saturated heterocycles. The molecule has 0 bridgehead atoms. The zero-order chi connectivity index (χ0) is 14.7. The van der Waals surface area contributed by atoms with Crippen molar-refractivity contribution in [1.82, 2.24) is 0 Å². The molecule has 6 heteroatoms. The number of hydrogen-bond donors (Lipinski definition) is 2. The van der Waals surface area contributed by atoms with Gasteiger partial charge in [0, 0.05) is 6.07 Å². The minimum Gasteiger partial charge on any atom is -0.478 e. The number of rotatable bonds is 4. The fraction of sp³-hybridized carbons (Fsp3) is 0.0714. The van der Waals surface area contributed by atoms with E-state index < -0.39 is 10.9 Å². The van der Waals surface area contributed by atoms with Gasteiger partial charge >= 0.3 is 5.97 Å². The summed E-state index contributed by atoms with van der Waals surface area (Å²) in [6, 6.07) is 10.9. The largest absolute Gasteiger partial charge is 0.478 e. The van der Waals surface area contributed by atoms with Crippen LogP contribution in [0.1, 0.15) is 15.9 Å². The summed E-state index contributed by atoms with van der Waals surface area (Å²) < 4.78 is 0. The summed E-state index contributed by atoms with van der Waals surface area (Å²) in [5.41, 5.74) is 1.28. The van der Waals surface area contributed by atoms with Gasteiger partial charge in [-0.3, -0.25) is 10.1 Å². The SMILES string of the molecule is Cc1cccc(C(=O)O)c1Nc1ccccc1[N+](=O)[O-]. The van der Waals surface area contributed by atoms with E-state index in [-0.39, 0.29) is 16.9 Å². The van der Waals surface area contributed by atoms with Crippen LogP contribution in [0.5, 0.6) is 0 Å². The van der Waals surface area contributed by atoms with E-state index in [0.717, 1.165) is 0 Å². The predicted octanol–water partition coefficient (Wildman–Crippen LogP) is 3.35. The third-order valence-corrected chi connectivity index (χ3v) is 2.86. The van der Waals surface area contributed by atoms with Gasteiger partial charge in [-0.1, -0.05) is 24.3 Å². The van der Waals surface area contributed by atoms with Crippen molar-refractivity contribution in [3.8, 4) is 0 Å². The number of carboxylic acid groups (broad SMARTS) is 1. The number of aromatic carboxylic acids is 1. The Morgan fingerprint density at radius 2 is 1.90 bits per heavy atom. The number of anilines is 2. The molecule has 2 rings (SSSR count). The molecule has 0 radical (unpaired) electrons. The number of para-hydroxylation sites is 3. The standard InChI is InChI=1S/C14H12N2O4/c1-9-5-4-6-10(14(17)18)13(9)15-11-7-2-3-8-12(11)16(19)20/h2-8,15H,1H3,(H,17,18). The summed E-state index contributed by atoms with van der Waals surface area (Å²) in [7, 11) is 0. The Balaban J connectivity index is 2.51. The molecule has 6 nitrogen and oxygen atoms in total. The Morgan fingerprint density at radius 1 is 1.20 bits per heavy atom. The molecule has 0 aliphatic heterocycles. The monoisotopic (exact) mass is 272 g/mol. The maximum atomic E-state index is 11.2. The second kappa shape index (κ2) is 5.40. The van der Waals surface area contributed by atoms with Gasteiger partial charge in [0.1, 0.15) is 5.69 Å². The van der Waals surface area contributed by atoms with Gasteiger partial charge in [0.2, 0.25) is 0 Å². The average Bonchev–Trinajstić information content (AvgIpc) is 2.41. The lowest BCUT2D eigenvalue weighted by atomic mass is 10.1. The zero-order valence-electron chi connectivity index (χ0n) is 10.7. The number of hydrogen-bond acceptors (Lipinski definition) is 4. The minimum absolute atomic E-state index is 0.0724. The molecule has 0 spiro atoms. The first-order valence-corrected chi connectivity index (χ1v) is 5.84. The molecule has 0 saturated carbocycles. The highest BCUT2D eigenvalue weighted by Gasteiger charge is 2.17. The molecule has 0 atom stereocenters. The zero-order valence-corrected chi connectivity index (χ0v) is 10.7. The fourth-order valence-electron chi connectivity index (χ4n) is 1.89. The molecule has 2 aromatic rings. The molecule has 0 aliphatic carbocycles. The van der Waals surface area contributed by atoms with Crippen molar-refractivity contribution in [3.63, 3.8) is 0 Å². The summed E-state index contributed by atoms with van der Waals surface area (Å²) in [5.74, 6) is -1.09. The Labute approximate surface area is 114 Å². The van der Waals surface area contributed by atoms with Gasteiger partial charge in [-0.05, 0) is 24.6 Å². The normalized spacial score (nSPS) is 10.1. The molecule has 0 aliphatic rings. The Bertz CT molecular complexity index is 683. The van der Waals surface area contributed by atoms with Crippen LogP contribution in [0.3, 0.4) is 0 Å². The molecule has 102 valence electrons. The first kappa shape index (κ1) is 13.5. The van der Waals surface area contributed by atoms with Gasteiger partial charge in [0.25, 0.3) is 5.69 Å². The topological polar surface area (TPSA) is 92.5 Å². The third kappa shape index (κ3) is 2.59. The van der Waals surface area contributed by atoms with Crippen LogP contribution in [0.15, 0.2) is 42.5 Å².